The predicted molar refractivity (Wildman–Crippen MR) is 138 cm³/mol. The summed E-state index contributed by atoms with van der Waals surface area (Å²) in [5.74, 6) is -1.45. The van der Waals surface area contributed by atoms with Crippen molar-refractivity contribution in [2.24, 2.45) is 0 Å². The Morgan fingerprint density at radius 2 is 1.81 bits per heavy atom. The van der Waals surface area contributed by atoms with Crippen LogP contribution in [0.1, 0.15) is 35.1 Å². The summed E-state index contributed by atoms with van der Waals surface area (Å²) in [6.07, 6.45) is 5.05. The van der Waals surface area contributed by atoms with E-state index in [0.717, 1.165) is 54.6 Å². The molecule has 9 heteroatoms. The van der Waals surface area contributed by atoms with Gasteiger partial charge in [0.1, 0.15) is 16.9 Å². The van der Waals surface area contributed by atoms with Crippen molar-refractivity contribution in [2.75, 3.05) is 30.0 Å². The zero-order valence-electron chi connectivity index (χ0n) is 20.6. The summed E-state index contributed by atoms with van der Waals surface area (Å²) >= 11 is 0. The number of nitrogens with zero attached hydrogens (tertiary/aromatic N) is 2. The van der Waals surface area contributed by atoms with Crippen molar-refractivity contribution in [1.82, 2.24) is 5.32 Å². The van der Waals surface area contributed by atoms with E-state index >= 15 is 0 Å². The maximum atomic E-state index is 13.4. The molecule has 188 valence electrons. The largest absolute Gasteiger partial charge is 0.495 e. The average Bonchev–Trinajstić information content (AvgIpc) is 2.89. The van der Waals surface area contributed by atoms with Gasteiger partial charge in [-0.3, -0.25) is 14.9 Å². The lowest BCUT2D eigenvalue weighted by molar-refractivity contribution is -0.122. The lowest BCUT2D eigenvalue weighted by Gasteiger charge is -2.37. The number of nitrogens with one attached hydrogen (secondary N) is 1. The van der Waals surface area contributed by atoms with Gasteiger partial charge in [0, 0.05) is 29.7 Å². The van der Waals surface area contributed by atoms with E-state index in [1.807, 2.05) is 0 Å². The van der Waals surface area contributed by atoms with Crippen LogP contribution in [0, 0.1) is 6.92 Å². The van der Waals surface area contributed by atoms with Gasteiger partial charge in [-0.15, -0.1) is 0 Å². The molecule has 0 aliphatic carbocycles. The van der Waals surface area contributed by atoms with Gasteiger partial charge >= 0.3 is 11.7 Å². The molecule has 0 atom stereocenters. The summed E-state index contributed by atoms with van der Waals surface area (Å²) in [6, 6.07) is 7.66. The van der Waals surface area contributed by atoms with Gasteiger partial charge in [0.05, 0.1) is 18.4 Å². The second kappa shape index (κ2) is 8.62. The van der Waals surface area contributed by atoms with E-state index in [-0.39, 0.29) is 22.6 Å². The topological polar surface area (TPSA) is 109 Å². The van der Waals surface area contributed by atoms with Crippen LogP contribution in [0.2, 0.25) is 0 Å². The van der Waals surface area contributed by atoms with Crippen molar-refractivity contribution in [3.63, 3.8) is 0 Å². The molecule has 37 heavy (non-hydrogen) atoms. The van der Waals surface area contributed by atoms with Gasteiger partial charge in [0.15, 0.2) is 0 Å². The number of ether oxygens (including phenoxy) is 1. The molecule has 1 N–H and O–H groups in total. The van der Waals surface area contributed by atoms with Crippen LogP contribution in [0.15, 0.2) is 45.1 Å². The predicted octanol–water partition coefficient (Wildman–Crippen LogP) is 3.48. The molecule has 4 amide bonds. The molecule has 4 heterocycles. The van der Waals surface area contributed by atoms with Crippen molar-refractivity contribution < 1.29 is 23.5 Å². The van der Waals surface area contributed by atoms with Gasteiger partial charge in [-0.1, -0.05) is 12.1 Å². The number of methoxy groups -OCH3 is 1. The summed E-state index contributed by atoms with van der Waals surface area (Å²) in [6.45, 7) is 3.79. The Labute approximate surface area is 212 Å². The second-order valence-electron chi connectivity index (χ2n) is 9.49. The summed E-state index contributed by atoms with van der Waals surface area (Å²) in [4.78, 5) is 55.2. The molecule has 0 radical (unpaired) electrons. The zero-order chi connectivity index (χ0) is 25.8. The van der Waals surface area contributed by atoms with Gasteiger partial charge in [-0.05, 0) is 68.0 Å². The highest BCUT2D eigenvalue weighted by molar-refractivity contribution is 6.39. The number of fused-ring (bicyclic) bond motifs is 2. The Morgan fingerprint density at radius 1 is 1.05 bits per heavy atom. The van der Waals surface area contributed by atoms with Crippen LogP contribution in [-0.4, -0.2) is 38.0 Å². The van der Waals surface area contributed by atoms with Crippen molar-refractivity contribution in [1.29, 1.82) is 0 Å². The van der Waals surface area contributed by atoms with Crippen LogP contribution in [0.25, 0.3) is 17.0 Å². The third-order valence-electron chi connectivity index (χ3n) is 7.41. The first-order valence-electron chi connectivity index (χ1n) is 12.3. The monoisotopic (exact) mass is 499 g/mol. The molecule has 6 rings (SSSR count). The molecule has 1 saturated heterocycles. The fraction of sp³-hybridized carbons (Fsp3) is 0.286. The number of imide groups is 2. The van der Waals surface area contributed by atoms with Crippen molar-refractivity contribution >= 4 is 46.3 Å². The summed E-state index contributed by atoms with van der Waals surface area (Å²) in [5.41, 5.74) is 3.97. The molecule has 3 aromatic rings. The van der Waals surface area contributed by atoms with E-state index in [9.17, 15) is 19.2 Å². The first-order valence-corrected chi connectivity index (χ1v) is 12.3. The van der Waals surface area contributed by atoms with E-state index < -0.39 is 23.5 Å². The second-order valence-corrected chi connectivity index (χ2v) is 9.49. The number of hydrogen-bond acceptors (Lipinski definition) is 7. The number of carbonyl (C=O) groups excluding carboxylic acids is 3. The Balaban J connectivity index is 1.50. The van der Waals surface area contributed by atoms with Crippen molar-refractivity contribution in [3.05, 3.63) is 68.6 Å². The smallest absolute Gasteiger partial charge is 0.343 e. The van der Waals surface area contributed by atoms with Crippen LogP contribution in [0.5, 0.6) is 5.75 Å². The van der Waals surface area contributed by atoms with E-state index in [1.54, 1.807) is 25.1 Å². The normalized spacial score (nSPS) is 18.3. The fourth-order valence-electron chi connectivity index (χ4n) is 5.67. The van der Waals surface area contributed by atoms with Crippen molar-refractivity contribution in [2.45, 2.75) is 32.6 Å². The standard InChI is InChI=1S/C28H25N3O6/c1-15-18-13-16-7-5-11-30-12-6-8-17(23(16)30)24(18)37-27(34)19(15)14-20-25(32)29-28(35)31(26(20)33)21-9-3-4-10-22(21)36-2/h3-4,9-10,13-14H,5-8,11-12H2,1-2H3,(H,29,32,35)/b20-14+. The summed E-state index contributed by atoms with van der Waals surface area (Å²) in [7, 11) is 1.42. The Hall–Kier alpha value is -4.40. The highest BCUT2D eigenvalue weighted by Crippen LogP contribution is 2.41. The lowest BCUT2D eigenvalue weighted by atomic mass is 9.88. The summed E-state index contributed by atoms with van der Waals surface area (Å²) < 4.78 is 11.1. The third kappa shape index (κ3) is 3.53. The molecule has 0 bridgehead atoms. The minimum atomic E-state index is -0.894. The van der Waals surface area contributed by atoms with Gasteiger partial charge in [-0.2, -0.15) is 0 Å². The molecule has 3 aliphatic heterocycles. The molecular weight excluding hydrogens is 474 g/mol. The van der Waals surface area contributed by atoms with Crippen LogP contribution in [-0.2, 0) is 22.4 Å². The maximum Gasteiger partial charge on any atom is 0.343 e. The van der Waals surface area contributed by atoms with Crippen LogP contribution in [0.4, 0.5) is 16.2 Å². The number of para-hydroxylation sites is 2. The number of urea groups is 1. The number of benzene rings is 2. The first-order chi connectivity index (χ1) is 17.9. The average molecular weight is 500 g/mol. The fourth-order valence-corrected chi connectivity index (χ4v) is 5.67. The van der Waals surface area contributed by atoms with Gasteiger partial charge in [-0.25, -0.2) is 14.5 Å². The minimum Gasteiger partial charge on any atom is -0.495 e. The summed E-state index contributed by atoms with van der Waals surface area (Å²) in [5, 5.41) is 2.99. The molecule has 0 spiro atoms. The highest BCUT2D eigenvalue weighted by Gasteiger charge is 2.38. The van der Waals surface area contributed by atoms with E-state index in [1.165, 1.54) is 30.5 Å². The van der Waals surface area contributed by atoms with Gasteiger partial charge in [0.25, 0.3) is 11.8 Å². The molecular formula is C28H25N3O6. The molecule has 2 aromatic carbocycles. The SMILES string of the molecule is COc1ccccc1N1C(=O)NC(=O)/C(=C\c2c(C)c3cc4c5c(c3oc2=O)CCCN5CCC4)C1=O. The van der Waals surface area contributed by atoms with Crippen LogP contribution < -0.4 is 25.5 Å². The maximum absolute atomic E-state index is 13.4. The molecule has 9 nitrogen and oxygen atoms in total. The molecule has 0 saturated carbocycles. The Kier molecular flexibility index (Phi) is 5.36. The van der Waals surface area contributed by atoms with Gasteiger partial charge in [0.2, 0.25) is 0 Å². The van der Waals surface area contributed by atoms with E-state index in [0.29, 0.717) is 11.1 Å². The highest BCUT2D eigenvalue weighted by atomic mass is 16.5. The molecule has 1 fully saturated rings. The number of aryl methyl sites for hydroxylation is 3. The Bertz CT molecular complexity index is 1600. The molecule has 0 unspecified atom stereocenters. The third-order valence-corrected chi connectivity index (χ3v) is 7.41. The number of hydrogen-bond donors (Lipinski definition) is 1. The first kappa shape index (κ1) is 23.0. The quantitative estimate of drug-likeness (QED) is 0.334. The van der Waals surface area contributed by atoms with Crippen LogP contribution in [0.3, 0.4) is 0 Å². The zero-order valence-corrected chi connectivity index (χ0v) is 20.6. The Morgan fingerprint density at radius 3 is 2.59 bits per heavy atom. The van der Waals surface area contributed by atoms with Crippen molar-refractivity contribution in [3.8, 4) is 5.75 Å². The number of carbonyl (C=O) groups is 3. The number of barbiturate groups is 1. The van der Waals surface area contributed by atoms with Gasteiger partial charge < -0.3 is 14.1 Å². The molecule has 3 aliphatic rings. The molecule has 1 aromatic heterocycles. The number of anilines is 2. The minimum absolute atomic E-state index is 0.107. The van der Waals surface area contributed by atoms with Crippen LogP contribution >= 0.6 is 0 Å². The number of amides is 4. The van der Waals surface area contributed by atoms with E-state index in [4.69, 9.17) is 9.15 Å². The van der Waals surface area contributed by atoms with E-state index in [2.05, 4.69) is 16.3 Å². The number of rotatable bonds is 3. The lowest BCUT2D eigenvalue weighted by Crippen LogP contribution is -2.54.